The van der Waals surface area contributed by atoms with Crippen molar-refractivity contribution >= 4 is 15.9 Å². The first-order valence-corrected chi connectivity index (χ1v) is 7.62. The quantitative estimate of drug-likeness (QED) is 0.891. The van der Waals surface area contributed by atoms with Crippen LogP contribution in [0.3, 0.4) is 0 Å². The van der Waals surface area contributed by atoms with Crippen LogP contribution in [0.1, 0.15) is 24.0 Å². The molecule has 0 aliphatic heterocycles. The van der Waals surface area contributed by atoms with Gasteiger partial charge >= 0.3 is 0 Å². The summed E-state index contributed by atoms with van der Waals surface area (Å²) in [5.74, 6) is 1.48. The van der Waals surface area contributed by atoms with Crippen molar-refractivity contribution in [1.82, 2.24) is 10.3 Å². The molecule has 4 heteroatoms. The fourth-order valence-electron chi connectivity index (χ4n) is 2.01. The van der Waals surface area contributed by atoms with Crippen LogP contribution in [-0.2, 0) is 6.54 Å². The van der Waals surface area contributed by atoms with E-state index in [0.717, 1.165) is 22.3 Å². The molecule has 0 radical (unpaired) electrons. The predicted molar refractivity (Wildman–Crippen MR) is 83.1 cm³/mol. The fraction of sp³-hybridized carbons (Fsp3) is 0.312. The maximum Gasteiger partial charge on any atom is 0.219 e. The fourth-order valence-corrected chi connectivity index (χ4v) is 2.48. The molecule has 1 aromatic carbocycles. The Labute approximate surface area is 127 Å². The van der Waals surface area contributed by atoms with E-state index in [4.69, 9.17) is 4.74 Å². The maximum absolute atomic E-state index is 5.87. The second-order valence-corrected chi connectivity index (χ2v) is 6.09. The number of aromatic nitrogens is 1. The van der Waals surface area contributed by atoms with E-state index in [9.17, 15) is 0 Å². The molecule has 1 aliphatic carbocycles. The van der Waals surface area contributed by atoms with Gasteiger partial charge in [-0.15, -0.1) is 0 Å². The number of aryl methyl sites for hydroxylation is 1. The zero-order chi connectivity index (χ0) is 13.9. The van der Waals surface area contributed by atoms with Gasteiger partial charge in [0.2, 0.25) is 5.88 Å². The third kappa shape index (κ3) is 3.58. The number of nitrogens with zero attached hydrogens (tertiary/aromatic N) is 1. The van der Waals surface area contributed by atoms with Gasteiger partial charge in [0.25, 0.3) is 0 Å². The van der Waals surface area contributed by atoms with Crippen LogP contribution in [0, 0.1) is 6.92 Å². The summed E-state index contributed by atoms with van der Waals surface area (Å²) >= 11 is 3.45. The Balaban J connectivity index is 1.70. The Kier molecular flexibility index (Phi) is 4.03. The molecule has 3 rings (SSSR count). The topological polar surface area (TPSA) is 34.1 Å². The van der Waals surface area contributed by atoms with Crippen molar-refractivity contribution in [2.75, 3.05) is 0 Å². The molecule has 1 fully saturated rings. The Bertz CT molecular complexity index is 611. The monoisotopic (exact) mass is 332 g/mol. The van der Waals surface area contributed by atoms with Crippen LogP contribution >= 0.6 is 15.9 Å². The van der Waals surface area contributed by atoms with Crippen LogP contribution in [0.2, 0.25) is 0 Å². The Hall–Kier alpha value is -1.39. The van der Waals surface area contributed by atoms with Gasteiger partial charge in [-0.2, -0.15) is 0 Å². The molecule has 20 heavy (non-hydrogen) atoms. The summed E-state index contributed by atoms with van der Waals surface area (Å²) in [5, 5.41) is 3.49. The number of rotatable bonds is 5. The molecule has 0 amide bonds. The molecule has 0 bridgehead atoms. The number of hydrogen-bond donors (Lipinski definition) is 1. The zero-order valence-electron chi connectivity index (χ0n) is 11.4. The molecule has 3 nitrogen and oxygen atoms in total. The van der Waals surface area contributed by atoms with Gasteiger partial charge in [0.15, 0.2) is 0 Å². The Morgan fingerprint density at radius 1 is 1.30 bits per heavy atom. The summed E-state index contributed by atoms with van der Waals surface area (Å²) in [5.41, 5.74) is 2.29. The molecular weight excluding hydrogens is 316 g/mol. The highest BCUT2D eigenvalue weighted by atomic mass is 79.9. The molecule has 1 aromatic heterocycles. The van der Waals surface area contributed by atoms with Crippen molar-refractivity contribution in [1.29, 1.82) is 0 Å². The minimum Gasteiger partial charge on any atom is -0.439 e. The number of nitrogens with one attached hydrogen (secondary N) is 1. The summed E-state index contributed by atoms with van der Waals surface area (Å²) in [6, 6.07) is 10.7. The molecular formula is C16H17BrN2O. The molecule has 1 saturated carbocycles. The first-order valence-electron chi connectivity index (χ1n) is 6.83. The average molecular weight is 333 g/mol. The van der Waals surface area contributed by atoms with Crippen LogP contribution in [0.5, 0.6) is 11.6 Å². The highest BCUT2D eigenvalue weighted by Gasteiger charge is 2.19. The lowest BCUT2D eigenvalue weighted by molar-refractivity contribution is 0.458. The van der Waals surface area contributed by atoms with Crippen molar-refractivity contribution in [3.8, 4) is 11.6 Å². The van der Waals surface area contributed by atoms with Crippen LogP contribution in [0.15, 0.2) is 41.0 Å². The van der Waals surface area contributed by atoms with Crippen molar-refractivity contribution in [2.24, 2.45) is 0 Å². The Morgan fingerprint density at radius 3 is 2.90 bits per heavy atom. The molecule has 2 aromatic rings. The third-order valence-corrected chi connectivity index (χ3v) is 3.82. The highest BCUT2D eigenvalue weighted by molar-refractivity contribution is 9.10. The van der Waals surface area contributed by atoms with Gasteiger partial charge in [0, 0.05) is 29.3 Å². The lowest BCUT2D eigenvalue weighted by atomic mass is 10.2. The SMILES string of the molecule is Cc1cc(Br)ccc1Oc1cc(CNC2CC2)ccn1. The molecule has 1 aliphatic rings. The van der Waals surface area contributed by atoms with E-state index in [2.05, 4.69) is 26.2 Å². The summed E-state index contributed by atoms with van der Waals surface area (Å²) in [6.07, 6.45) is 4.40. The van der Waals surface area contributed by atoms with Crippen LogP contribution in [0.25, 0.3) is 0 Å². The second kappa shape index (κ2) is 5.94. The van der Waals surface area contributed by atoms with Crippen molar-refractivity contribution in [2.45, 2.75) is 32.4 Å². The summed E-state index contributed by atoms with van der Waals surface area (Å²) in [4.78, 5) is 4.28. The number of hydrogen-bond acceptors (Lipinski definition) is 3. The van der Waals surface area contributed by atoms with Crippen molar-refractivity contribution in [3.05, 3.63) is 52.1 Å². The van der Waals surface area contributed by atoms with Gasteiger partial charge in [-0.05, 0) is 55.2 Å². The van der Waals surface area contributed by atoms with Crippen molar-refractivity contribution in [3.63, 3.8) is 0 Å². The van der Waals surface area contributed by atoms with Crippen LogP contribution < -0.4 is 10.1 Å². The standard InChI is InChI=1S/C16H17BrN2O/c1-11-8-13(17)2-5-15(11)20-16-9-12(6-7-18-16)10-19-14-3-4-14/h2,5-9,14,19H,3-4,10H2,1H3. The van der Waals surface area contributed by atoms with E-state index in [1.54, 1.807) is 6.20 Å². The second-order valence-electron chi connectivity index (χ2n) is 5.17. The number of pyridine rings is 1. The molecule has 1 heterocycles. The largest absolute Gasteiger partial charge is 0.439 e. The van der Waals surface area contributed by atoms with Crippen LogP contribution in [0.4, 0.5) is 0 Å². The van der Waals surface area contributed by atoms with Gasteiger partial charge in [-0.25, -0.2) is 4.98 Å². The van der Waals surface area contributed by atoms with Gasteiger partial charge in [-0.3, -0.25) is 0 Å². The average Bonchev–Trinajstić information content (AvgIpc) is 3.24. The highest BCUT2D eigenvalue weighted by Crippen LogP contribution is 2.27. The molecule has 104 valence electrons. The molecule has 0 unspecified atom stereocenters. The summed E-state index contributed by atoms with van der Waals surface area (Å²) in [6.45, 7) is 2.90. The normalized spacial score (nSPS) is 14.3. The van der Waals surface area contributed by atoms with Crippen molar-refractivity contribution < 1.29 is 4.74 Å². The third-order valence-electron chi connectivity index (χ3n) is 3.32. The molecule has 0 saturated heterocycles. The van der Waals surface area contributed by atoms with Gasteiger partial charge in [0.05, 0.1) is 0 Å². The lowest BCUT2D eigenvalue weighted by Crippen LogP contribution is -2.15. The molecule has 1 N–H and O–H groups in total. The summed E-state index contributed by atoms with van der Waals surface area (Å²) in [7, 11) is 0. The van der Waals surface area contributed by atoms with Crippen LogP contribution in [-0.4, -0.2) is 11.0 Å². The molecule has 0 atom stereocenters. The summed E-state index contributed by atoms with van der Waals surface area (Å²) < 4.78 is 6.92. The smallest absolute Gasteiger partial charge is 0.219 e. The lowest BCUT2D eigenvalue weighted by Gasteiger charge is -2.09. The van der Waals surface area contributed by atoms with E-state index in [1.165, 1.54) is 18.4 Å². The molecule has 0 spiro atoms. The van der Waals surface area contributed by atoms with E-state index in [0.29, 0.717) is 11.9 Å². The maximum atomic E-state index is 5.87. The minimum atomic E-state index is 0.644. The van der Waals surface area contributed by atoms with E-state index >= 15 is 0 Å². The van der Waals surface area contributed by atoms with E-state index in [-0.39, 0.29) is 0 Å². The number of halogens is 1. The number of ether oxygens (including phenoxy) is 1. The first-order chi connectivity index (χ1) is 9.70. The van der Waals surface area contributed by atoms with E-state index in [1.807, 2.05) is 37.3 Å². The predicted octanol–water partition coefficient (Wildman–Crippen LogP) is 4.20. The van der Waals surface area contributed by atoms with Gasteiger partial charge in [0.1, 0.15) is 5.75 Å². The zero-order valence-corrected chi connectivity index (χ0v) is 13.0. The first kappa shape index (κ1) is 13.6. The van der Waals surface area contributed by atoms with E-state index < -0.39 is 0 Å². The minimum absolute atomic E-state index is 0.644. The van der Waals surface area contributed by atoms with Gasteiger partial charge < -0.3 is 10.1 Å². The Morgan fingerprint density at radius 2 is 2.15 bits per heavy atom. The van der Waals surface area contributed by atoms with Gasteiger partial charge in [-0.1, -0.05) is 15.9 Å². The number of benzene rings is 1.